The van der Waals surface area contributed by atoms with E-state index < -0.39 is 0 Å². The zero-order chi connectivity index (χ0) is 12.8. The Morgan fingerprint density at radius 1 is 1.33 bits per heavy atom. The van der Waals surface area contributed by atoms with E-state index >= 15 is 0 Å². The van der Waals surface area contributed by atoms with E-state index in [2.05, 4.69) is 0 Å². The van der Waals surface area contributed by atoms with Crippen LogP contribution in [0.5, 0.6) is 5.75 Å². The lowest BCUT2D eigenvalue weighted by molar-refractivity contribution is 0.112. The van der Waals surface area contributed by atoms with Gasteiger partial charge in [-0.25, -0.2) is 0 Å². The number of benzene rings is 2. The molecule has 0 bridgehead atoms. The maximum atomic E-state index is 11.2. The van der Waals surface area contributed by atoms with Crippen molar-refractivity contribution in [3.05, 3.63) is 47.5 Å². The third-order valence-corrected chi connectivity index (χ3v) is 3.22. The van der Waals surface area contributed by atoms with Crippen molar-refractivity contribution in [3.8, 4) is 5.75 Å². The molecule has 3 rings (SSSR count). The van der Waals surface area contributed by atoms with Crippen molar-refractivity contribution in [1.29, 1.82) is 0 Å². The molecule has 1 aliphatic rings. The molecule has 0 aromatic heterocycles. The molecule has 0 saturated heterocycles. The molecule has 0 aliphatic carbocycles. The van der Waals surface area contributed by atoms with E-state index in [0.717, 1.165) is 28.4 Å². The Hall–Kier alpha value is -2.03. The minimum atomic E-state index is -0.336. The minimum Gasteiger partial charge on any atom is -0.492 e. The molecule has 0 fully saturated rings. The zero-order valence-electron chi connectivity index (χ0n) is 10.4. The first kappa shape index (κ1) is 11.1. The van der Waals surface area contributed by atoms with Gasteiger partial charge in [-0.3, -0.25) is 4.79 Å². The molecule has 2 nitrogen and oxygen atoms in total. The molecule has 1 unspecified atom stereocenters. The third kappa shape index (κ3) is 1.63. The van der Waals surface area contributed by atoms with Crippen molar-refractivity contribution in [2.75, 3.05) is 0 Å². The van der Waals surface area contributed by atoms with E-state index in [-0.39, 0.29) is 5.50 Å². The highest BCUT2D eigenvalue weighted by Gasteiger charge is 2.24. The molecule has 88 valence electrons. The fourth-order valence-electron chi connectivity index (χ4n) is 2.31. The number of rotatable bonds is 1. The van der Waals surface area contributed by atoms with Gasteiger partial charge in [-0.15, -0.1) is 0 Å². The van der Waals surface area contributed by atoms with Crippen LogP contribution >= 0.6 is 0 Å². The summed E-state index contributed by atoms with van der Waals surface area (Å²) < 4.78 is 6.03. The molecule has 3 heteroatoms. The molecule has 1 aliphatic heterocycles. The van der Waals surface area contributed by atoms with Gasteiger partial charge in [0.15, 0.2) is 14.1 Å². The lowest BCUT2D eigenvalue weighted by Gasteiger charge is -2.29. The SMILES string of the molecule is BC1(C)C=Cc2c(C=O)cc3ccccc3c2O1. The van der Waals surface area contributed by atoms with Crippen LogP contribution in [0, 0.1) is 0 Å². The molecule has 2 aromatic carbocycles. The van der Waals surface area contributed by atoms with Crippen LogP contribution in [-0.2, 0) is 0 Å². The summed E-state index contributed by atoms with van der Waals surface area (Å²) in [5.41, 5.74) is 1.22. The Balaban J connectivity index is 2.39. The molecule has 2 aromatic rings. The van der Waals surface area contributed by atoms with Crippen LogP contribution in [0.3, 0.4) is 0 Å². The molecule has 1 atom stereocenters. The second-order valence-electron chi connectivity index (χ2n) is 5.09. The van der Waals surface area contributed by atoms with Crippen LogP contribution in [0.1, 0.15) is 22.8 Å². The number of hydrogen-bond donors (Lipinski definition) is 0. The van der Waals surface area contributed by atoms with Crippen molar-refractivity contribution < 1.29 is 9.53 Å². The van der Waals surface area contributed by atoms with Crippen LogP contribution in [0.25, 0.3) is 16.8 Å². The highest BCUT2D eigenvalue weighted by molar-refractivity contribution is 6.17. The van der Waals surface area contributed by atoms with E-state index in [1.165, 1.54) is 0 Å². The summed E-state index contributed by atoms with van der Waals surface area (Å²) in [5, 5.41) is 2.08. The Morgan fingerprint density at radius 2 is 2.11 bits per heavy atom. The molecule has 0 amide bonds. The first-order valence-electron chi connectivity index (χ1n) is 6.00. The maximum absolute atomic E-state index is 11.2. The van der Waals surface area contributed by atoms with E-state index in [9.17, 15) is 4.79 Å². The molecule has 0 saturated carbocycles. The van der Waals surface area contributed by atoms with E-state index in [4.69, 9.17) is 4.74 Å². The fraction of sp³-hybridized carbons (Fsp3) is 0.133. The van der Waals surface area contributed by atoms with E-state index in [1.807, 2.05) is 57.3 Å². The van der Waals surface area contributed by atoms with Crippen LogP contribution in [0.15, 0.2) is 36.4 Å². The Bertz CT molecular complexity index is 671. The normalized spacial score (nSPS) is 21.4. The van der Waals surface area contributed by atoms with Crippen molar-refractivity contribution in [1.82, 2.24) is 0 Å². The van der Waals surface area contributed by atoms with Gasteiger partial charge in [-0.2, -0.15) is 0 Å². The standard InChI is InChI=1S/C15H13BO2/c1-15(16)7-6-13-11(9-17)8-10-4-2-3-5-12(10)14(13)18-15/h2-9H,16H2,1H3. The number of ether oxygens (including phenoxy) is 1. The highest BCUT2D eigenvalue weighted by atomic mass is 16.5. The number of hydrogen-bond acceptors (Lipinski definition) is 2. The van der Waals surface area contributed by atoms with Gasteiger partial charge in [0.2, 0.25) is 0 Å². The lowest BCUT2D eigenvalue weighted by atomic mass is 9.80. The summed E-state index contributed by atoms with van der Waals surface area (Å²) in [5.74, 6) is 0.808. The van der Waals surface area contributed by atoms with E-state index in [0.29, 0.717) is 5.56 Å². The van der Waals surface area contributed by atoms with Gasteiger partial charge in [0, 0.05) is 16.5 Å². The van der Waals surface area contributed by atoms with Crippen molar-refractivity contribution in [3.63, 3.8) is 0 Å². The first-order valence-corrected chi connectivity index (χ1v) is 6.00. The molecular formula is C15H13BO2. The molecule has 0 N–H and O–H groups in total. The van der Waals surface area contributed by atoms with Gasteiger partial charge in [-0.05, 0) is 24.5 Å². The maximum Gasteiger partial charge on any atom is 0.163 e. The number of fused-ring (bicyclic) bond motifs is 3. The van der Waals surface area contributed by atoms with Gasteiger partial charge >= 0.3 is 0 Å². The fourth-order valence-corrected chi connectivity index (χ4v) is 2.31. The smallest absolute Gasteiger partial charge is 0.163 e. The molecular weight excluding hydrogens is 223 g/mol. The van der Waals surface area contributed by atoms with Gasteiger partial charge in [0.25, 0.3) is 0 Å². The average Bonchev–Trinajstić information content (AvgIpc) is 2.36. The van der Waals surface area contributed by atoms with Gasteiger partial charge in [-0.1, -0.05) is 30.3 Å². The van der Waals surface area contributed by atoms with Crippen molar-refractivity contribution in [2.24, 2.45) is 0 Å². The van der Waals surface area contributed by atoms with Gasteiger partial charge < -0.3 is 4.74 Å². The summed E-state index contributed by atoms with van der Waals surface area (Å²) >= 11 is 0. The number of aldehydes is 1. The third-order valence-electron chi connectivity index (χ3n) is 3.22. The summed E-state index contributed by atoms with van der Waals surface area (Å²) in [4.78, 5) is 11.2. The number of carbonyl (C=O) groups is 1. The second-order valence-corrected chi connectivity index (χ2v) is 5.09. The second kappa shape index (κ2) is 3.74. The Labute approximate surface area is 107 Å². The van der Waals surface area contributed by atoms with Crippen molar-refractivity contribution >= 4 is 31.0 Å². The highest BCUT2D eigenvalue weighted by Crippen LogP contribution is 2.38. The predicted octanol–water partition coefficient (Wildman–Crippen LogP) is 2.41. The first-order chi connectivity index (χ1) is 8.61. The molecule has 18 heavy (non-hydrogen) atoms. The number of carbonyl (C=O) groups excluding carboxylic acids is 1. The molecule has 1 heterocycles. The summed E-state index contributed by atoms with van der Waals surface area (Å²) in [6.45, 7) is 2.01. The van der Waals surface area contributed by atoms with Gasteiger partial charge in [0.1, 0.15) is 5.75 Å². The molecule has 0 radical (unpaired) electrons. The van der Waals surface area contributed by atoms with Gasteiger partial charge in [0.05, 0.1) is 5.50 Å². The summed E-state index contributed by atoms with van der Waals surface area (Å²) in [7, 11) is 2.01. The van der Waals surface area contributed by atoms with Crippen LogP contribution in [-0.4, -0.2) is 19.6 Å². The monoisotopic (exact) mass is 236 g/mol. The topological polar surface area (TPSA) is 26.3 Å². The Morgan fingerprint density at radius 3 is 2.89 bits per heavy atom. The van der Waals surface area contributed by atoms with Crippen LogP contribution in [0.4, 0.5) is 0 Å². The summed E-state index contributed by atoms with van der Waals surface area (Å²) in [6.07, 6.45) is 4.85. The molecule has 0 spiro atoms. The predicted molar refractivity (Wildman–Crippen MR) is 75.9 cm³/mol. The lowest BCUT2D eigenvalue weighted by Crippen LogP contribution is -2.32. The van der Waals surface area contributed by atoms with E-state index in [1.54, 1.807) is 0 Å². The summed E-state index contributed by atoms with van der Waals surface area (Å²) in [6, 6.07) is 9.88. The van der Waals surface area contributed by atoms with Crippen molar-refractivity contribution in [2.45, 2.75) is 12.4 Å². The minimum absolute atomic E-state index is 0.336. The largest absolute Gasteiger partial charge is 0.492 e. The zero-order valence-corrected chi connectivity index (χ0v) is 10.4. The quantitative estimate of drug-likeness (QED) is 0.561. The average molecular weight is 236 g/mol. The van der Waals surface area contributed by atoms with Crippen LogP contribution < -0.4 is 4.74 Å². The van der Waals surface area contributed by atoms with Crippen LogP contribution in [0.2, 0.25) is 0 Å². The Kier molecular flexibility index (Phi) is 2.30.